The van der Waals surface area contributed by atoms with Crippen LogP contribution in [0.2, 0.25) is 0 Å². The van der Waals surface area contributed by atoms with E-state index in [4.69, 9.17) is 0 Å². The molecule has 2 N–H and O–H groups in total. The van der Waals surface area contributed by atoms with Gasteiger partial charge in [-0.3, -0.25) is 0 Å². The lowest BCUT2D eigenvalue weighted by Crippen LogP contribution is -2.30. The maximum absolute atomic E-state index is 12.2. The number of amides is 2. The van der Waals surface area contributed by atoms with Gasteiger partial charge < -0.3 is 19.8 Å². The van der Waals surface area contributed by atoms with Crippen LogP contribution in [0.3, 0.4) is 0 Å². The van der Waals surface area contributed by atoms with Crippen molar-refractivity contribution in [3.8, 4) is 11.4 Å². The molecule has 8 heteroatoms. The van der Waals surface area contributed by atoms with E-state index in [2.05, 4.69) is 32.7 Å². The summed E-state index contributed by atoms with van der Waals surface area (Å²) in [6.45, 7) is 4.63. The Morgan fingerprint density at radius 2 is 2.15 bits per heavy atom. The maximum atomic E-state index is 12.2. The van der Waals surface area contributed by atoms with Crippen LogP contribution < -0.4 is 10.6 Å². The molecule has 1 atom stereocenters. The first-order valence-corrected chi connectivity index (χ1v) is 8.52. The minimum Gasteiger partial charge on any atom is -0.338 e. The van der Waals surface area contributed by atoms with Gasteiger partial charge in [0.1, 0.15) is 6.33 Å². The molecule has 26 heavy (non-hydrogen) atoms. The highest BCUT2D eigenvalue weighted by Crippen LogP contribution is 2.26. The largest absolute Gasteiger partial charge is 0.338 e. The number of nitrogens with one attached hydrogen (secondary N) is 2. The summed E-state index contributed by atoms with van der Waals surface area (Å²) < 4.78 is 3.87. The second-order valence-electron chi connectivity index (χ2n) is 6.27. The van der Waals surface area contributed by atoms with Crippen LogP contribution in [0.25, 0.3) is 11.4 Å². The molecule has 2 amide bonds. The van der Waals surface area contributed by atoms with Crippen LogP contribution in [0.5, 0.6) is 0 Å². The lowest BCUT2D eigenvalue weighted by Gasteiger charge is -2.15. The quantitative estimate of drug-likeness (QED) is 0.713. The van der Waals surface area contributed by atoms with Gasteiger partial charge in [0.15, 0.2) is 5.82 Å². The second kappa shape index (κ2) is 7.81. The molecule has 0 aliphatic carbocycles. The van der Waals surface area contributed by atoms with Crippen LogP contribution in [0.1, 0.15) is 24.9 Å². The molecule has 0 saturated heterocycles. The Balaban J connectivity index is 1.59. The summed E-state index contributed by atoms with van der Waals surface area (Å²) in [6.07, 6.45) is 7.94. The fraction of sp³-hybridized carbons (Fsp3) is 0.333. The summed E-state index contributed by atoms with van der Waals surface area (Å²) >= 11 is 0. The number of aryl methyl sites for hydroxylation is 1. The minimum absolute atomic E-state index is 0.221. The third-order valence-corrected chi connectivity index (χ3v) is 4.42. The third-order valence-electron chi connectivity index (χ3n) is 4.42. The van der Waals surface area contributed by atoms with Gasteiger partial charge in [-0.2, -0.15) is 0 Å². The number of carbonyl (C=O) groups excluding carboxylic acids is 1. The van der Waals surface area contributed by atoms with E-state index in [1.165, 1.54) is 0 Å². The van der Waals surface area contributed by atoms with Gasteiger partial charge in [0, 0.05) is 43.3 Å². The average molecular weight is 353 g/mol. The van der Waals surface area contributed by atoms with Gasteiger partial charge >= 0.3 is 6.03 Å². The number of urea groups is 1. The van der Waals surface area contributed by atoms with Gasteiger partial charge in [-0.25, -0.2) is 9.78 Å². The van der Waals surface area contributed by atoms with Gasteiger partial charge in [-0.1, -0.05) is 12.1 Å². The number of hydrogen-bond donors (Lipinski definition) is 2. The van der Waals surface area contributed by atoms with Crippen LogP contribution >= 0.6 is 0 Å². The Kier molecular flexibility index (Phi) is 5.31. The monoisotopic (exact) mass is 353 g/mol. The SMILES string of the molecule is Cc1c(NC(=O)NCC[C@H](C)n2ccnc2)cccc1-c1nncn1C. The predicted octanol–water partition coefficient (Wildman–Crippen LogP) is 2.76. The molecule has 3 rings (SSSR count). The number of imidazole rings is 1. The molecule has 0 spiro atoms. The van der Waals surface area contributed by atoms with Crippen molar-refractivity contribution in [2.24, 2.45) is 7.05 Å². The number of nitrogens with zero attached hydrogens (tertiary/aromatic N) is 5. The number of rotatable bonds is 6. The molecule has 0 aliphatic heterocycles. The first-order valence-electron chi connectivity index (χ1n) is 8.52. The number of anilines is 1. The lowest BCUT2D eigenvalue weighted by atomic mass is 10.1. The zero-order valence-corrected chi connectivity index (χ0v) is 15.2. The minimum atomic E-state index is -0.221. The van der Waals surface area contributed by atoms with E-state index in [0.29, 0.717) is 6.54 Å². The summed E-state index contributed by atoms with van der Waals surface area (Å²) in [5.74, 6) is 0.765. The van der Waals surface area contributed by atoms with E-state index in [0.717, 1.165) is 29.1 Å². The van der Waals surface area contributed by atoms with E-state index in [1.807, 2.05) is 47.5 Å². The summed E-state index contributed by atoms with van der Waals surface area (Å²) in [7, 11) is 1.89. The fourth-order valence-electron chi connectivity index (χ4n) is 2.78. The number of hydrogen-bond acceptors (Lipinski definition) is 4. The van der Waals surface area contributed by atoms with E-state index in [9.17, 15) is 4.79 Å². The highest BCUT2D eigenvalue weighted by atomic mass is 16.2. The summed E-state index contributed by atoms with van der Waals surface area (Å²) in [6, 6.07) is 5.80. The van der Waals surface area contributed by atoms with Gasteiger partial charge in [0.05, 0.1) is 6.33 Å². The summed E-state index contributed by atoms with van der Waals surface area (Å²) in [5.41, 5.74) is 2.65. The molecule has 2 heterocycles. The van der Waals surface area contributed by atoms with E-state index < -0.39 is 0 Å². The highest BCUT2D eigenvalue weighted by molar-refractivity contribution is 5.91. The van der Waals surface area contributed by atoms with Crippen molar-refractivity contribution >= 4 is 11.7 Å². The fourth-order valence-corrected chi connectivity index (χ4v) is 2.78. The normalized spacial score (nSPS) is 12.0. The number of carbonyl (C=O) groups is 1. The molecular weight excluding hydrogens is 330 g/mol. The highest BCUT2D eigenvalue weighted by Gasteiger charge is 2.12. The molecule has 136 valence electrons. The Hall–Kier alpha value is -3.16. The first kappa shape index (κ1) is 17.7. The molecule has 3 aromatic rings. The number of benzene rings is 1. The van der Waals surface area contributed by atoms with E-state index >= 15 is 0 Å². The van der Waals surface area contributed by atoms with E-state index in [1.54, 1.807) is 18.9 Å². The lowest BCUT2D eigenvalue weighted by molar-refractivity contribution is 0.251. The molecule has 0 aliphatic rings. The Labute approximate surface area is 152 Å². The molecule has 2 aromatic heterocycles. The zero-order chi connectivity index (χ0) is 18.5. The van der Waals surface area contributed by atoms with Crippen molar-refractivity contribution in [2.75, 3.05) is 11.9 Å². The van der Waals surface area contributed by atoms with Crippen LogP contribution in [0, 0.1) is 6.92 Å². The van der Waals surface area contributed by atoms with Crippen molar-refractivity contribution < 1.29 is 4.79 Å². The molecule has 1 aromatic carbocycles. The smallest absolute Gasteiger partial charge is 0.319 e. The van der Waals surface area contributed by atoms with Crippen molar-refractivity contribution in [1.29, 1.82) is 0 Å². The standard InChI is InChI=1S/C18H23N7O/c1-13(25-10-9-19-11-25)7-8-20-18(26)22-16-6-4-5-15(14(16)2)17-23-21-12-24(17)3/h4-6,9-13H,7-8H2,1-3H3,(H2,20,22,26)/t13-/m0/s1. The topological polar surface area (TPSA) is 89.7 Å². The van der Waals surface area contributed by atoms with Gasteiger partial charge in [0.2, 0.25) is 0 Å². The zero-order valence-electron chi connectivity index (χ0n) is 15.2. The molecule has 8 nitrogen and oxygen atoms in total. The van der Waals surface area contributed by atoms with Gasteiger partial charge in [0.25, 0.3) is 0 Å². The van der Waals surface area contributed by atoms with Crippen molar-refractivity contribution in [2.45, 2.75) is 26.3 Å². The van der Waals surface area contributed by atoms with Crippen LogP contribution in [-0.4, -0.2) is 36.9 Å². The Bertz CT molecular complexity index is 870. The predicted molar refractivity (Wildman–Crippen MR) is 99.8 cm³/mol. The maximum Gasteiger partial charge on any atom is 0.319 e. The van der Waals surface area contributed by atoms with Crippen LogP contribution in [0.4, 0.5) is 10.5 Å². The summed E-state index contributed by atoms with van der Waals surface area (Å²) in [5, 5.41) is 13.9. The number of aromatic nitrogens is 5. The molecule has 0 fully saturated rings. The molecule has 0 saturated carbocycles. The summed E-state index contributed by atoms with van der Waals surface area (Å²) in [4.78, 5) is 16.3. The van der Waals surface area contributed by atoms with Crippen molar-refractivity contribution in [3.05, 3.63) is 48.8 Å². The van der Waals surface area contributed by atoms with Crippen LogP contribution in [0.15, 0.2) is 43.2 Å². The molecule has 0 bridgehead atoms. The molecular formula is C18H23N7O. The van der Waals surface area contributed by atoms with Crippen molar-refractivity contribution in [3.63, 3.8) is 0 Å². The Morgan fingerprint density at radius 3 is 2.85 bits per heavy atom. The molecule has 0 radical (unpaired) electrons. The first-order chi connectivity index (χ1) is 12.6. The van der Waals surface area contributed by atoms with E-state index in [-0.39, 0.29) is 12.1 Å². The van der Waals surface area contributed by atoms with Crippen LogP contribution in [-0.2, 0) is 7.05 Å². The van der Waals surface area contributed by atoms with Gasteiger partial charge in [-0.05, 0) is 31.9 Å². The van der Waals surface area contributed by atoms with Gasteiger partial charge in [-0.15, -0.1) is 10.2 Å². The molecule has 0 unspecified atom stereocenters. The second-order valence-corrected chi connectivity index (χ2v) is 6.27. The third kappa shape index (κ3) is 3.90. The average Bonchev–Trinajstić information content (AvgIpc) is 3.28. The van der Waals surface area contributed by atoms with Crippen molar-refractivity contribution in [1.82, 2.24) is 29.6 Å². The Morgan fingerprint density at radius 1 is 1.31 bits per heavy atom.